The second-order valence-electron chi connectivity index (χ2n) is 7.61. The third-order valence-electron chi connectivity index (χ3n) is 5.46. The smallest absolute Gasteiger partial charge is 0.292 e. The molecule has 0 aliphatic carbocycles. The van der Waals surface area contributed by atoms with Gasteiger partial charge >= 0.3 is 0 Å². The van der Waals surface area contributed by atoms with Crippen LogP contribution in [0, 0.1) is 12.8 Å². The van der Waals surface area contributed by atoms with Crippen molar-refractivity contribution in [3.05, 3.63) is 35.3 Å². The Kier molecular flexibility index (Phi) is 7.01. The number of likely N-dealkylation sites (tertiary alicyclic amines) is 1. The van der Waals surface area contributed by atoms with E-state index in [-0.39, 0.29) is 11.8 Å². The fourth-order valence-electron chi connectivity index (χ4n) is 3.80. The average molecular weight is 402 g/mol. The zero-order valence-electron chi connectivity index (χ0n) is 17.5. The van der Waals surface area contributed by atoms with Crippen molar-refractivity contribution in [1.29, 1.82) is 0 Å². The Morgan fingerprint density at radius 2 is 2.03 bits per heavy atom. The van der Waals surface area contributed by atoms with Crippen LogP contribution in [0.15, 0.2) is 29.7 Å². The maximum atomic E-state index is 12.8. The van der Waals surface area contributed by atoms with Crippen LogP contribution in [-0.4, -0.2) is 50.1 Å². The van der Waals surface area contributed by atoms with Crippen molar-refractivity contribution in [3.63, 3.8) is 0 Å². The molecule has 2 aliphatic rings. The highest BCUT2D eigenvalue weighted by Crippen LogP contribution is 2.25. The Bertz CT molecular complexity index is 789. The van der Waals surface area contributed by atoms with E-state index in [1.54, 1.807) is 14.0 Å². The third-order valence-corrected chi connectivity index (χ3v) is 5.46. The largest absolute Gasteiger partial charge is 0.497 e. The predicted octanol–water partition coefficient (Wildman–Crippen LogP) is 3.24. The second-order valence-corrected chi connectivity index (χ2v) is 7.61. The summed E-state index contributed by atoms with van der Waals surface area (Å²) in [4.78, 5) is 27.0. The quantitative estimate of drug-likeness (QED) is 0.790. The molecule has 2 amide bonds. The van der Waals surface area contributed by atoms with Gasteiger partial charge in [-0.1, -0.05) is 0 Å². The van der Waals surface area contributed by atoms with Gasteiger partial charge in [0.1, 0.15) is 24.7 Å². The third kappa shape index (κ3) is 5.43. The maximum Gasteiger partial charge on any atom is 0.292 e. The van der Waals surface area contributed by atoms with Gasteiger partial charge in [-0.15, -0.1) is 0 Å². The van der Waals surface area contributed by atoms with E-state index >= 15 is 0 Å². The minimum absolute atomic E-state index is 0.00992. The standard InChI is InChI=1S/C22H30N2O5/c1-15-13-18(27-3)7-8-19(15)23-20(25)9-6-17-5-4-10-24(14-17)22(26)21-16(2)28-11-12-29-21/h7-8,13,17H,4-6,9-12,14H2,1-3H3,(H,23,25)/t17-/m0/s1. The first-order valence-corrected chi connectivity index (χ1v) is 10.2. The number of aryl methyl sites for hydroxylation is 1. The molecule has 1 aromatic carbocycles. The first-order valence-electron chi connectivity index (χ1n) is 10.2. The van der Waals surface area contributed by atoms with E-state index in [2.05, 4.69) is 5.32 Å². The summed E-state index contributed by atoms with van der Waals surface area (Å²) in [6.45, 7) is 5.95. The molecule has 158 valence electrons. The fraction of sp³-hybridized carbons (Fsp3) is 0.545. The van der Waals surface area contributed by atoms with Crippen LogP contribution in [0.3, 0.4) is 0 Å². The lowest BCUT2D eigenvalue weighted by Gasteiger charge is -2.34. The fourth-order valence-corrected chi connectivity index (χ4v) is 3.80. The van der Waals surface area contributed by atoms with Crippen molar-refractivity contribution in [3.8, 4) is 5.75 Å². The summed E-state index contributed by atoms with van der Waals surface area (Å²) in [7, 11) is 1.62. The lowest BCUT2D eigenvalue weighted by Crippen LogP contribution is -2.42. The Morgan fingerprint density at radius 3 is 2.76 bits per heavy atom. The van der Waals surface area contributed by atoms with Crippen LogP contribution >= 0.6 is 0 Å². The van der Waals surface area contributed by atoms with E-state index in [1.165, 1.54) is 0 Å². The first-order chi connectivity index (χ1) is 14.0. The number of anilines is 1. The van der Waals surface area contributed by atoms with Gasteiger partial charge in [0, 0.05) is 25.2 Å². The number of ether oxygens (including phenoxy) is 3. The van der Waals surface area contributed by atoms with E-state index < -0.39 is 0 Å². The van der Waals surface area contributed by atoms with E-state index in [0.717, 1.165) is 36.3 Å². The molecular formula is C22H30N2O5. The number of allylic oxidation sites excluding steroid dienone is 1. The van der Waals surface area contributed by atoms with Gasteiger partial charge in [0.05, 0.1) is 7.11 Å². The van der Waals surface area contributed by atoms with Crippen LogP contribution < -0.4 is 10.1 Å². The van der Waals surface area contributed by atoms with Crippen LogP contribution in [0.4, 0.5) is 5.69 Å². The highest BCUT2D eigenvalue weighted by molar-refractivity contribution is 5.92. The van der Waals surface area contributed by atoms with Crippen molar-refractivity contribution in [1.82, 2.24) is 4.90 Å². The van der Waals surface area contributed by atoms with Crippen molar-refractivity contribution in [2.24, 2.45) is 5.92 Å². The molecule has 0 radical (unpaired) electrons. The number of hydrogen-bond acceptors (Lipinski definition) is 5. The number of nitrogens with one attached hydrogen (secondary N) is 1. The molecule has 2 heterocycles. The molecule has 7 heteroatoms. The van der Waals surface area contributed by atoms with Crippen LogP contribution in [0.25, 0.3) is 0 Å². The molecule has 7 nitrogen and oxygen atoms in total. The zero-order valence-corrected chi connectivity index (χ0v) is 17.5. The Hall–Kier alpha value is -2.70. The highest BCUT2D eigenvalue weighted by Gasteiger charge is 2.29. The molecular weight excluding hydrogens is 372 g/mol. The van der Waals surface area contributed by atoms with E-state index in [4.69, 9.17) is 14.2 Å². The lowest BCUT2D eigenvalue weighted by atomic mass is 9.93. The second kappa shape index (κ2) is 9.67. The van der Waals surface area contributed by atoms with Gasteiger partial charge in [-0.2, -0.15) is 0 Å². The number of methoxy groups -OCH3 is 1. The topological polar surface area (TPSA) is 77.1 Å². The van der Waals surface area contributed by atoms with Crippen LogP contribution in [0.2, 0.25) is 0 Å². The summed E-state index contributed by atoms with van der Waals surface area (Å²) in [5, 5.41) is 2.97. The van der Waals surface area contributed by atoms with Gasteiger partial charge in [-0.25, -0.2) is 0 Å². The first kappa shape index (κ1) is 21.0. The Balaban J connectivity index is 1.50. The van der Waals surface area contributed by atoms with Crippen molar-refractivity contribution in [2.75, 3.05) is 38.7 Å². The van der Waals surface area contributed by atoms with E-state index in [9.17, 15) is 9.59 Å². The molecule has 2 aliphatic heterocycles. The minimum atomic E-state index is -0.106. The number of piperidine rings is 1. The molecule has 29 heavy (non-hydrogen) atoms. The van der Waals surface area contributed by atoms with Crippen molar-refractivity contribution in [2.45, 2.75) is 39.5 Å². The summed E-state index contributed by atoms with van der Waals surface area (Å²) in [6.07, 6.45) is 3.14. The average Bonchev–Trinajstić information content (AvgIpc) is 2.74. The molecule has 0 unspecified atom stereocenters. The van der Waals surface area contributed by atoms with Gasteiger partial charge in [0.25, 0.3) is 5.91 Å². The van der Waals surface area contributed by atoms with Crippen LogP contribution in [0.1, 0.15) is 38.2 Å². The van der Waals surface area contributed by atoms with E-state index in [1.807, 2.05) is 30.0 Å². The molecule has 0 spiro atoms. The molecule has 1 atom stereocenters. The molecule has 3 rings (SSSR count). The molecule has 0 saturated carbocycles. The number of carbonyl (C=O) groups is 2. The summed E-state index contributed by atoms with van der Waals surface area (Å²) < 4.78 is 16.2. The number of amides is 2. The SMILES string of the molecule is COc1ccc(NC(=O)CC[C@@H]2CCCN(C(=O)C3=C(C)OCCO3)C2)c(C)c1. The molecule has 1 saturated heterocycles. The summed E-state index contributed by atoms with van der Waals surface area (Å²) in [6, 6.07) is 5.59. The molecule has 1 N–H and O–H groups in total. The highest BCUT2D eigenvalue weighted by atomic mass is 16.6. The van der Waals surface area contributed by atoms with Gasteiger partial charge in [-0.3, -0.25) is 9.59 Å². The van der Waals surface area contributed by atoms with Crippen molar-refractivity contribution >= 4 is 17.5 Å². The Labute approximate surface area is 172 Å². The molecule has 1 fully saturated rings. The minimum Gasteiger partial charge on any atom is -0.497 e. The number of nitrogens with zero attached hydrogens (tertiary/aromatic N) is 1. The maximum absolute atomic E-state index is 12.8. The zero-order chi connectivity index (χ0) is 20.8. The number of rotatable bonds is 6. The van der Waals surface area contributed by atoms with E-state index in [0.29, 0.717) is 50.2 Å². The summed E-state index contributed by atoms with van der Waals surface area (Å²) in [5.41, 5.74) is 1.76. The van der Waals surface area contributed by atoms with Crippen molar-refractivity contribution < 1.29 is 23.8 Å². The number of carbonyl (C=O) groups excluding carboxylic acids is 2. The van der Waals surface area contributed by atoms with Crippen LogP contribution in [0.5, 0.6) is 5.75 Å². The van der Waals surface area contributed by atoms with Gasteiger partial charge < -0.3 is 24.4 Å². The van der Waals surface area contributed by atoms with Gasteiger partial charge in [0.2, 0.25) is 11.7 Å². The molecule has 1 aromatic rings. The summed E-state index contributed by atoms with van der Waals surface area (Å²) in [5.74, 6) is 1.84. The molecule has 0 bridgehead atoms. The lowest BCUT2D eigenvalue weighted by molar-refractivity contribution is -0.134. The van der Waals surface area contributed by atoms with Gasteiger partial charge in [0.15, 0.2) is 0 Å². The monoisotopic (exact) mass is 402 g/mol. The van der Waals surface area contributed by atoms with Crippen LogP contribution in [-0.2, 0) is 19.1 Å². The Morgan fingerprint density at radius 1 is 1.24 bits per heavy atom. The van der Waals surface area contributed by atoms with Gasteiger partial charge in [-0.05, 0) is 62.8 Å². The molecule has 0 aromatic heterocycles. The normalized spacial score (nSPS) is 19.3. The predicted molar refractivity (Wildman–Crippen MR) is 110 cm³/mol. The summed E-state index contributed by atoms with van der Waals surface area (Å²) >= 11 is 0. The number of benzene rings is 1. The number of hydrogen-bond donors (Lipinski definition) is 1.